The zero-order chi connectivity index (χ0) is 37.5. The topological polar surface area (TPSA) is 111 Å². The Hall–Kier alpha value is -1.84. The minimum Gasteiger partial charge on any atom is -0.465 e. The molecule has 0 aromatic heterocycles. The summed E-state index contributed by atoms with van der Waals surface area (Å²) in [6.45, 7) is 16.4. The molecule has 1 aromatic carbocycles. The lowest BCUT2D eigenvalue weighted by Gasteiger charge is -2.28. The number of aryl methyl sites for hydroxylation is 1. The van der Waals surface area contributed by atoms with Crippen LogP contribution in [0.2, 0.25) is 0 Å². The highest BCUT2D eigenvalue weighted by molar-refractivity contribution is 5.52. The Labute approximate surface area is 314 Å². The third-order valence-electron chi connectivity index (χ3n) is 8.27. The third kappa shape index (κ3) is 22.4. The number of allylic oxidation sites excluding steroid dienone is 2. The molecule has 1 aromatic rings. The van der Waals surface area contributed by atoms with Crippen LogP contribution in [0, 0.1) is 0 Å². The monoisotopic (exact) mass is 742 g/mol. The van der Waals surface area contributed by atoms with Crippen molar-refractivity contribution < 1.29 is 56.8 Å². The summed E-state index contributed by atoms with van der Waals surface area (Å²) in [6, 6.07) is 4.35. The van der Waals surface area contributed by atoms with E-state index in [1.165, 1.54) is 11.1 Å². The molecule has 0 fully saturated rings. The second-order valence-corrected chi connectivity index (χ2v) is 12.7. The van der Waals surface area contributed by atoms with Gasteiger partial charge in [-0.25, -0.2) is 0 Å². The fraction of sp³-hybridized carbons (Fsp3) is 0.800. The maximum absolute atomic E-state index is 6.56. The van der Waals surface area contributed by atoms with Gasteiger partial charge in [-0.2, -0.15) is 0 Å². The van der Waals surface area contributed by atoms with E-state index in [0.717, 1.165) is 62.0 Å². The second kappa shape index (κ2) is 31.5. The average Bonchev–Trinajstić information content (AvgIpc) is 3.12. The van der Waals surface area contributed by atoms with Crippen LogP contribution in [0.3, 0.4) is 0 Å². The number of methoxy groups -OCH3 is 2. The fourth-order valence-corrected chi connectivity index (χ4v) is 5.62. The molecule has 12 nitrogen and oxygen atoms in total. The van der Waals surface area contributed by atoms with E-state index >= 15 is 0 Å². The number of rotatable bonds is 35. The zero-order valence-corrected chi connectivity index (χ0v) is 33.1. The van der Waals surface area contributed by atoms with Crippen molar-refractivity contribution >= 4 is 0 Å². The molecule has 1 aliphatic rings. The van der Waals surface area contributed by atoms with Crippen molar-refractivity contribution in [1.82, 2.24) is 0 Å². The molecule has 0 N–H and O–H groups in total. The number of ether oxygens (including phenoxy) is 12. The SMILES string of the molecule is CCCCCc1cc(OC(C)OCCOCCOCCOCCOC)c(C2C=C(C)CCC2)c(OC(C)OCCOCCOCCOCCOC)c1. The zero-order valence-electron chi connectivity index (χ0n) is 33.1. The first-order valence-electron chi connectivity index (χ1n) is 19.3. The Bertz CT molecular complexity index is 965. The molecule has 0 spiro atoms. The van der Waals surface area contributed by atoms with Gasteiger partial charge in [0.25, 0.3) is 0 Å². The molecule has 12 heteroatoms. The number of unbranched alkanes of at least 4 members (excludes halogenated alkanes) is 2. The van der Waals surface area contributed by atoms with E-state index in [9.17, 15) is 0 Å². The van der Waals surface area contributed by atoms with E-state index in [-0.39, 0.29) is 5.92 Å². The summed E-state index contributed by atoms with van der Waals surface area (Å²) < 4.78 is 68.4. The van der Waals surface area contributed by atoms with E-state index in [1.807, 2.05) is 13.8 Å². The molecular weight excluding hydrogens is 672 g/mol. The highest BCUT2D eigenvalue weighted by Gasteiger charge is 2.26. The van der Waals surface area contributed by atoms with Crippen LogP contribution in [0.5, 0.6) is 11.5 Å². The minimum atomic E-state index is -0.478. The minimum absolute atomic E-state index is 0.172. The van der Waals surface area contributed by atoms with Crippen molar-refractivity contribution in [1.29, 1.82) is 0 Å². The first-order chi connectivity index (χ1) is 25.5. The van der Waals surface area contributed by atoms with Gasteiger partial charge in [0.1, 0.15) is 11.5 Å². The lowest BCUT2D eigenvalue weighted by atomic mass is 9.84. The molecule has 0 bridgehead atoms. The Morgan fingerprint density at radius 3 is 1.42 bits per heavy atom. The molecule has 52 heavy (non-hydrogen) atoms. The maximum Gasteiger partial charge on any atom is 0.197 e. The van der Waals surface area contributed by atoms with Crippen molar-refractivity contribution in [2.75, 3.05) is 120 Å². The number of benzene rings is 1. The van der Waals surface area contributed by atoms with Gasteiger partial charge in [-0.05, 0) is 70.6 Å². The molecule has 3 atom stereocenters. The number of hydrogen-bond acceptors (Lipinski definition) is 12. The molecule has 0 amide bonds. The second-order valence-electron chi connectivity index (χ2n) is 12.7. The number of hydrogen-bond donors (Lipinski definition) is 0. The van der Waals surface area contributed by atoms with Crippen LogP contribution in [0.25, 0.3) is 0 Å². The summed E-state index contributed by atoms with van der Waals surface area (Å²) in [5, 5.41) is 0. The van der Waals surface area contributed by atoms with Gasteiger partial charge < -0.3 is 56.8 Å². The summed E-state index contributed by atoms with van der Waals surface area (Å²) in [5.74, 6) is 1.77. The molecule has 0 aliphatic heterocycles. The van der Waals surface area contributed by atoms with Gasteiger partial charge in [0.15, 0.2) is 12.6 Å². The van der Waals surface area contributed by atoms with Gasteiger partial charge in [0.05, 0.1) is 106 Å². The lowest BCUT2D eigenvalue weighted by Crippen LogP contribution is -2.23. The highest BCUT2D eigenvalue weighted by atomic mass is 16.7. The fourth-order valence-electron chi connectivity index (χ4n) is 5.62. The Morgan fingerprint density at radius 2 is 1.02 bits per heavy atom. The van der Waals surface area contributed by atoms with Crippen molar-refractivity contribution in [3.63, 3.8) is 0 Å². The molecule has 0 heterocycles. The van der Waals surface area contributed by atoms with Gasteiger partial charge in [-0.15, -0.1) is 0 Å². The Morgan fingerprint density at radius 1 is 0.596 bits per heavy atom. The van der Waals surface area contributed by atoms with Crippen molar-refractivity contribution in [3.05, 3.63) is 34.9 Å². The van der Waals surface area contributed by atoms with Crippen LogP contribution in [0.15, 0.2) is 23.8 Å². The maximum atomic E-state index is 6.56. The predicted octanol–water partition coefficient (Wildman–Crippen LogP) is 6.51. The van der Waals surface area contributed by atoms with Crippen molar-refractivity contribution in [2.24, 2.45) is 0 Å². The predicted molar refractivity (Wildman–Crippen MR) is 201 cm³/mol. The molecule has 2 rings (SSSR count). The van der Waals surface area contributed by atoms with Crippen LogP contribution < -0.4 is 9.47 Å². The van der Waals surface area contributed by atoms with E-state index in [1.54, 1.807) is 14.2 Å². The molecule has 302 valence electrons. The van der Waals surface area contributed by atoms with Crippen molar-refractivity contribution in [2.45, 2.75) is 91.1 Å². The smallest absolute Gasteiger partial charge is 0.197 e. The largest absolute Gasteiger partial charge is 0.465 e. The van der Waals surface area contributed by atoms with Crippen LogP contribution in [-0.4, -0.2) is 133 Å². The van der Waals surface area contributed by atoms with Crippen LogP contribution in [-0.2, 0) is 53.8 Å². The summed E-state index contributed by atoms with van der Waals surface area (Å²) in [6.07, 6.45) is 9.00. The highest BCUT2D eigenvalue weighted by Crippen LogP contribution is 2.43. The molecule has 3 unspecified atom stereocenters. The molecule has 0 radical (unpaired) electrons. The molecule has 1 aliphatic carbocycles. The third-order valence-corrected chi connectivity index (χ3v) is 8.27. The van der Waals surface area contributed by atoms with Gasteiger partial charge in [-0.3, -0.25) is 0 Å². The first-order valence-corrected chi connectivity index (χ1v) is 19.3. The Kier molecular flexibility index (Phi) is 28.1. The average molecular weight is 743 g/mol. The van der Waals surface area contributed by atoms with Gasteiger partial charge in [0.2, 0.25) is 0 Å². The van der Waals surface area contributed by atoms with Gasteiger partial charge in [0, 0.05) is 25.7 Å². The lowest BCUT2D eigenvalue weighted by molar-refractivity contribution is -0.0903. The van der Waals surface area contributed by atoms with Crippen LogP contribution >= 0.6 is 0 Å². The van der Waals surface area contributed by atoms with Gasteiger partial charge >= 0.3 is 0 Å². The van der Waals surface area contributed by atoms with E-state index in [0.29, 0.717) is 106 Å². The van der Waals surface area contributed by atoms with Crippen LogP contribution in [0.1, 0.15) is 83.3 Å². The summed E-state index contributed by atoms with van der Waals surface area (Å²) in [4.78, 5) is 0. The standard InChI is InChI=1S/C40H70O12/c1-7-8-9-12-36-31-38(51-34(3)49-28-26-47-24-22-45-20-18-43-16-14-41-5)40(37-13-10-11-33(2)30-37)39(32-36)52-35(4)50-29-27-48-25-23-46-21-19-44-17-15-42-6/h30-32,34-35,37H,7-29H2,1-6H3. The van der Waals surface area contributed by atoms with E-state index in [2.05, 4.69) is 32.1 Å². The first kappa shape index (κ1) is 46.3. The molecule has 0 saturated heterocycles. The molecule has 0 saturated carbocycles. The summed E-state index contributed by atoms with van der Waals surface area (Å²) >= 11 is 0. The Balaban J connectivity index is 1.93. The van der Waals surface area contributed by atoms with Gasteiger partial charge in [-0.1, -0.05) is 31.4 Å². The molecular formula is C40H70O12. The summed E-state index contributed by atoms with van der Waals surface area (Å²) in [5.41, 5.74) is 3.61. The van der Waals surface area contributed by atoms with E-state index < -0.39 is 12.6 Å². The van der Waals surface area contributed by atoms with Crippen LogP contribution in [0.4, 0.5) is 0 Å². The quantitative estimate of drug-likeness (QED) is 0.0430. The van der Waals surface area contributed by atoms with E-state index in [4.69, 9.17) is 56.8 Å². The summed E-state index contributed by atoms with van der Waals surface area (Å²) in [7, 11) is 3.31. The normalized spacial score (nSPS) is 15.8. The van der Waals surface area contributed by atoms with Crippen molar-refractivity contribution in [3.8, 4) is 11.5 Å².